The van der Waals surface area contributed by atoms with Gasteiger partial charge in [-0.05, 0) is 32.1 Å². The van der Waals surface area contributed by atoms with E-state index in [2.05, 4.69) is 14.9 Å². The molecule has 0 amide bonds. The lowest BCUT2D eigenvalue weighted by Gasteiger charge is -2.28. The molecule has 0 radical (unpaired) electrons. The fourth-order valence-electron chi connectivity index (χ4n) is 2.87. The topological polar surface area (TPSA) is 29.0 Å². The Hall–Kier alpha value is -0.830. The average Bonchev–Trinajstić information content (AvgIpc) is 2.76. The first-order chi connectivity index (χ1) is 7.22. The van der Waals surface area contributed by atoms with Gasteiger partial charge in [0.2, 0.25) is 0 Å². The number of hydrogen-bond donors (Lipinski definition) is 0. The zero-order valence-corrected chi connectivity index (χ0v) is 9.54. The molecule has 1 aliphatic carbocycles. The Morgan fingerprint density at radius 1 is 1.40 bits per heavy atom. The molecule has 2 bridgehead atoms. The van der Waals surface area contributed by atoms with Gasteiger partial charge in [-0.25, -0.2) is 9.97 Å². The summed E-state index contributed by atoms with van der Waals surface area (Å²) < 4.78 is 0. The summed E-state index contributed by atoms with van der Waals surface area (Å²) in [6.07, 6.45) is 4.03. The summed E-state index contributed by atoms with van der Waals surface area (Å²) in [5.74, 6) is 2.66. The summed E-state index contributed by atoms with van der Waals surface area (Å²) in [6, 6.07) is 2.58. The van der Waals surface area contributed by atoms with E-state index in [0.29, 0.717) is 11.2 Å². The van der Waals surface area contributed by atoms with E-state index in [0.717, 1.165) is 24.1 Å². The van der Waals surface area contributed by atoms with Crippen LogP contribution < -0.4 is 4.90 Å². The third-order valence-electron chi connectivity index (χ3n) is 3.50. The minimum Gasteiger partial charge on any atom is -0.353 e. The molecular formula is C11H14ClN3. The van der Waals surface area contributed by atoms with Crippen molar-refractivity contribution < 1.29 is 0 Å². The number of piperidine rings is 1. The van der Waals surface area contributed by atoms with Crippen LogP contribution in [0, 0.1) is 12.8 Å². The standard InChI is InChI=1S/C11H14ClN3/c1-7-13-10(12)5-11(14-7)15-6-8-2-3-9(15)4-8/h5,8-9H,2-4,6H2,1H3. The van der Waals surface area contributed by atoms with Crippen molar-refractivity contribution in [2.24, 2.45) is 5.92 Å². The molecule has 15 heavy (non-hydrogen) atoms. The minimum atomic E-state index is 0.556. The largest absolute Gasteiger partial charge is 0.353 e. The zero-order chi connectivity index (χ0) is 10.4. The molecule has 2 aliphatic rings. The van der Waals surface area contributed by atoms with Crippen LogP contribution in [0.4, 0.5) is 5.82 Å². The van der Waals surface area contributed by atoms with Crippen molar-refractivity contribution in [3.63, 3.8) is 0 Å². The highest BCUT2D eigenvalue weighted by atomic mass is 35.5. The van der Waals surface area contributed by atoms with Crippen LogP contribution in [-0.4, -0.2) is 22.6 Å². The van der Waals surface area contributed by atoms with Gasteiger partial charge in [-0.1, -0.05) is 11.6 Å². The van der Waals surface area contributed by atoms with Crippen molar-refractivity contribution in [1.82, 2.24) is 9.97 Å². The molecule has 2 atom stereocenters. The van der Waals surface area contributed by atoms with Crippen molar-refractivity contribution in [1.29, 1.82) is 0 Å². The molecule has 0 N–H and O–H groups in total. The van der Waals surface area contributed by atoms with Crippen LogP contribution in [0.2, 0.25) is 5.15 Å². The number of aromatic nitrogens is 2. The van der Waals surface area contributed by atoms with Gasteiger partial charge in [-0.2, -0.15) is 0 Å². The monoisotopic (exact) mass is 223 g/mol. The molecular weight excluding hydrogens is 210 g/mol. The van der Waals surface area contributed by atoms with Gasteiger partial charge < -0.3 is 4.90 Å². The van der Waals surface area contributed by atoms with Crippen molar-refractivity contribution in [3.05, 3.63) is 17.0 Å². The lowest BCUT2D eigenvalue weighted by atomic mass is 10.1. The quantitative estimate of drug-likeness (QED) is 0.685. The second-order valence-electron chi connectivity index (χ2n) is 4.58. The van der Waals surface area contributed by atoms with Gasteiger partial charge >= 0.3 is 0 Å². The summed E-state index contributed by atoms with van der Waals surface area (Å²) in [6.45, 7) is 3.04. The van der Waals surface area contributed by atoms with E-state index in [9.17, 15) is 0 Å². The SMILES string of the molecule is Cc1nc(Cl)cc(N2CC3CCC2C3)n1. The number of fused-ring (bicyclic) bond motifs is 2. The van der Waals surface area contributed by atoms with E-state index < -0.39 is 0 Å². The van der Waals surface area contributed by atoms with Crippen LogP contribution in [0.5, 0.6) is 0 Å². The zero-order valence-electron chi connectivity index (χ0n) is 8.78. The third-order valence-corrected chi connectivity index (χ3v) is 3.69. The number of hydrogen-bond acceptors (Lipinski definition) is 3. The van der Waals surface area contributed by atoms with E-state index in [4.69, 9.17) is 11.6 Å². The lowest BCUT2D eigenvalue weighted by molar-refractivity contribution is 0.550. The minimum absolute atomic E-state index is 0.556. The van der Waals surface area contributed by atoms with Crippen LogP contribution in [0.15, 0.2) is 6.07 Å². The maximum Gasteiger partial charge on any atom is 0.134 e. The lowest BCUT2D eigenvalue weighted by Crippen LogP contribution is -2.32. The Labute approximate surface area is 94.5 Å². The molecule has 2 heterocycles. The van der Waals surface area contributed by atoms with Crippen LogP contribution in [0.3, 0.4) is 0 Å². The van der Waals surface area contributed by atoms with E-state index in [-0.39, 0.29) is 0 Å². The molecule has 1 aromatic rings. The fraction of sp³-hybridized carbons (Fsp3) is 0.636. The molecule has 4 heteroatoms. The second-order valence-corrected chi connectivity index (χ2v) is 4.97. The van der Waals surface area contributed by atoms with Crippen LogP contribution in [0.1, 0.15) is 25.1 Å². The summed E-state index contributed by atoms with van der Waals surface area (Å²) in [5.41, 5.74) is 0. The Morgan fingerprint density at radius 3 is 2.87 bits per heavy atom. The average molecular weight is 224 g/mol. The summed E-state index contributed by atoms with van der Waals surface area (Å²) in [7, 11) is 0. The summed E-state index contributed by atoms with van der Waals surface area (Å²) in [4.78, 5) is 11.0. The molecule has 0 aromatic carbocycles. The van der Waals surface area contributed by atoms with Crippen molar-refractivity contribution in [2.45, 2.75) is 32.2 Å². The highest BCUT2D eigenvalue weighted by Gasteiger charge is 2.38. The first-order valence-corrected chi connectivity index (χ1v) is 5.88. The molecule has 0 spiro atoms. The highest BCUT2D eigenvalue weighted by molar-refractivity contribution is 6.29. The number of halogens is 1. The summed E-state index contributed by atoms with van der Waals surface area (Å²) in [5, 5.41) is 0.556. The molecule has 2 fully saturated rings. The number of nitrogens with zero attached hydrogens (tertiary/aromatic N) is 3. The van der Waals surface area contributed by atoms with Crippen LogP contribution in [0.25, 0.3) is 0 Å². The molecule has 1 aliphatic heterocycles. The van der Waals surface area contributed by atoms with Gasteiger partial charge in [0.05, 0.1) is 0 Å². The molecule has 1 aromatic heterocycles. The van der Waals surface area contributed by atoms with E-state index in [1.165, 1.54) is 19.3 Å². The number of aryl methyl sites for hydroxylation is 1. The van der Waals surface area contributed by atoms with E-state index in [1.54, 1.807) is 0 Å². The first-order valence-electron chi connectivity index (χ1n) is 5.50. The summed E-state index contributed by atoms with van der Waals surface area (Å²) >= 11 is 5.95. The van der Waals surface area contributed by atoms with Crippen molar-refractivity contribution >= 4 is 17.4 Å². The number of anilines is 1. The van der Waals surface area contributed by atoms with E-state index >= 15 is 0 Å². The Morgan fingerprint density at radius 2 is 2.27 bits per heavy atom. The molecule has 1 saturated heterocycles. The molecule has 3 nitrogen and oxygen atoms in total. The Balaban J connectivity index is 1.93. The normalized spacial score (nSPS) is 28.8. The number of rotatable bonds is 1. The molecule has 80 valence electrons. The van der Waals surface area contributed by atoms with Crippen LogP contribution >= 0.6 is 11.6 Å². The maximum atomic E-state index is 5.95. The van der Waals surface area contributed by atoms with E-state index in [1.807, 2.05) is 13.0 Å². The molecule has 3 rings (SSSR count). The van der Waals surface area contributed by atoms with Gasteiger partial charge in [-0.15, -0.1) is 0 Å². The predicted octanol–water partition coefficient (Wildman–Crippen LogP) is 2.43. The highest BCUT2D eigenvalue weighted by Crippen LogP contribution is 2.39. The van der Waals surface area contributed by atoms with Gasteiger partial charge in [0.1, 0.15) is 16.8 Å². The van der Waals surface area contributed by atoms with Crippen molar-refractivity contribution in [3.8, 4) is 0 Å². The van der Waals surface area contributed by atoms with Gasteiger partial charge in [0.25, 0.3) is 0 Å². The van der Waals surface area contributed by atoms with Gasteiger partial charge in [0.15, 0.2) is 0 Å². The van der Waals surface area contributed by atoms with Crippen molar-refractivity contribution in [2.75, 3.05) is 11.4 Å². The van der Waals surface area contributed by atoms with Gasteiger partial charge in [-0.3, -0.25) is 0 Å². The second kappa shape index (κ2) is 3.34. The fourth-order valence-corrected chi connectivity index (χ4v) is 3.09. The maximum absolute atomic E-state index is 5.95. The predicted molar refractivity (Wildman–Crippen MR) is 60.3 cm³/mol. The first kappa shape index (κ1) is 9.40. The molecule has 2 unspecified atom stereocenters. The Bertz CT molecular complexity index is 373. The smallest absolute Gasteiger partial charge is 0.134 e. The van der Waals surface area contributed by atoms with Gasteiger partial charge in [0, 0.05) is 18.7 Å². The Kier molecular flexibility index (Phi) is 2.09. The van der Waals surface area contributed by atoms with Crippen LogP contribution in [-0.2, 0) is 0 Å². The third kappa shape index (κ3) is 1.59. The molecule has 1 saturated carbocycles.